The maximum Gasteiger partial charge on any atom is 0.135 e. The van der Waals surface area contributed by atoms with Gasteiger partial charge in [0.25, 0.3) is 0 Å². The van der Waals surface area contributed by atoms with E-state index in [0.717, 1.165) is 84.4 Å². The molecule has 0 spiro atoms. The minimum atomic E-state index is 0.728. The Morgan fingerprint density at radius 3 is 2.17 bits per heavy atom. The highest BCUT2D eigenvalue weighted by atomic mass is 16.3. The molecule has 0 saturated carbocycles. The van der Waals surface area contributed by atoms with Gasteiger partial charge in [0.15, 0.2) is 0 Å². The second kappa shape index (κ2) is 14.8. The molecule has 8 aromatic carbocycles. The summed E-state index contributed by atoms with van der Waals surface area (Å²) in [6, 6.07) is 62.4. The number of fused-ring (bicyclic) bond motifs is 8. The van der Waals surface area contributed by atoms with Crippen LogP contribution in [-0.2, 0) is 6.42 Å². The third-order valence-corrected chi connectivity index (χ3v) is 11.7. The first kappa shape index (κ1) is 35.3. The summed E-state index contributed by atoms with van der Waals surface area (Å²) in [4.78, 5) is 2.32. The number of furan rings is 2. The van der Waals surface area contributed by atoms with Crippen molar-refractivity contribution in [3.05, 3.63) is 234 Å². The maximum atomic E-state index is 6.58. The fourth-order valence-electron chi connectivity index (χ4n) is 8.82. The molecule has 60 heavy (non-hydrogen) atoms. The van der Waals surface area contributed by atoms with Crippen molar-refractivity contribution in [1.29, 1.82) is 0 Å². The van der Waals surface area contributed by atoms with Crippen molar-refractivity contribution >= 4 is 73.3 Å². The molecule has 0 N–H and O–H groups in total. The Bertz CT molecular complexity index is 3480. The van der Waals surface area contributed by atoms with Crippen molar-refractivity contribution in [1.82, 2.24) is 0 Å². The van der Waals surface area contributed by atoms with Crippen molar-refractivity contribution < 1.29 is 8.83 Å². The lowest BCUT2D eigenvalue weighted by Gasteiger charge is -2.27. The lowest BCUT2D eigenvalue weighted by Crippen LogP contribution is -2.22. The molecule has 0 saturated heterocycles. The lowest BCUT2D eigenvalue weighted by atomic mass is 9.95. The van der Waals surface area contributed by atoms with E-state index in [1.165, 1.54) is 32.3 Å². The molecular weight excluding hydrogens is 731 g/mol. The summed E-state index contributed by atoms with van der Waals surface area (Å²) in [7, 11) is 0. The van der Waals surface area contributed by atoms with Crippen LogP contribution in [0.25, 0.3) is 84.2 Å². The smallest absolute Gasteiger partial charge is 0.135 e. The first-order chi connectivity index (χ1) is 29.7. The van der Waals surface area contributed by atoms with E-state index in [2.05, 4.69) is 200 Å². The minimum absolute atomic E-state index is 0.728. The van der Waals surface area contributed by atoms with Crippen molar-refractivity contribution in [3.8, 4) is 22.3 Å². The number of allylic oxidation sites excluding steroid dienone is 3. The largest absolute Gasteiger partial charge is 0.460 e. The van der Waals surface area contributed by atoms with Gasteiger partial charge in [-0.1, -0.05) is 152 Å². The number of benzene rings is 8. The number of nitrogens with zero attached hydrogens (tertiary/aromatic N) is 1. The van der Waals surface area contributed by atoms with Crippen LogP contribution in [0.2, 0.25) is 0 Å². The van der Waals surface area contributed by atoms with Gasteiger partial charge in [-0.05, 0) is 116 Å². The average Bonchev–Trinajstić information content (AvgIpc) is 3.79. The molecule has 0 fully saturated rings. The first-order valence-electron chi connectivity index (χ1n) is 20.4. The van der Waals surface area contributed by atoms with Crippen molar-refractivity contribution in [2.24, 2.45) is 0 Å². The van der Waals surface area contributed by atoms with Crippen LogP contribution in [-0.4, -0.2) is 0 Å². The standard InChI is InChI=1S/C57H39NO2/c1-2-3-20-46(35-44-19-12-25-56-57(44)52-36-42-15-5-4-13-38(42)28-32-55(52)60-56)58(47-31-33-54-51(37-47)50-22-8-9-24-53(50)59-54)45-29-26-39(27-30-45)41-17-10-18-43(34-41)49-23-11-16-40-14-6-7-21-48(40)49/h2-31,33-37H,1,32H2/b20-3-,46-35-. The van der Waals surface area contributed by atoms with Crippen LogP contribution in [0.5, 0.6) is 0 Å². The summed E-state index contributed by atoms with van der Waals surface area (Å²) < 4.78 is 12.9. The molecule has 0 amide bonds. The van der Waals surface area contributed by atoms with Gasteiger partial charge in [-0.2, -0.15) is 0 Å². The van der Waals surface area contributed by atoms with Crippen LogP contribution in [0.4, 0.5) is 11.4 Å². The Hall–Kier alpha value is -7.88. The van der Waals surface area contributed by atoms with Crippen LogP contribution in [0.1, 0.15) is 16.9 Å². The third kappa shape index (κ3) is 6.25. The van der Waals surface area contributed by atoms with Gasteiger partial charge < -0.3 is 13.7 Å². The van der Waals surface area contributed by atoms with E-state index >= 15 is 0 Å². The molecule has 0 aliphatic heterocycles. The molecule has 0 radical (unpaired) electrons. The van der Waals surface area contributed by atoms with E-state index in [1.54, 1.807) is 0 Å². The summed E-state index contributed by atoms with van der Waals surface area (Å²) in [6.45, 7) is 4.07. The predicted octanol–water partition coefficient (Wildman–Crippen LogP) is 13.9. The zero-order chi connectivity index (χ0) is 40.0. The zero-order valence-corrected chi connectivity index (χ0v) is 32.9. The van der Waals surface area contributed by atoms with E-state index in [4.69, 9.17) is 8.83 Å². The second-order valence-electron chi connectivity index (χ2n) is 15.3. The Balaban J connectivity index is 1.07. The van der Waals surface area contributed by atoms with E-state index in [9.17, 15) is 0 Å². The number of rotatable bonds is 8. The van der Waals surface area contributed by atoms with Gasteiger partial charge in [-0.3, -0.25) is 0 Å². The Morgan fingerprint density at radius 2 is 1.27 bits per heavy atom. The Kier molecular flexibility index (Phi) is 8.71. The van der Waals surface area contributed by atoms with Crippen molar-refractivity contribution in [2.75, 3.05) is 4.90 Å². The van der Waals surface area contributed by atoms with Crippen molar-refractivity contribution in [3.63, 3.8) is 0 Å². The average molecular weight is 770 g/mol. The van der Waals surface area contributed by atoms with Gasteiger partial charge in [0.05, 0.1) is 0 Å². The molecular formula is C57H39NO2. The van der Waals surface area contributed by atoms with Crippen LogP contribution in [0, 0.1) is 0 Å². The monoisotopic (exact) mass is 769 g/mol. The molecule has 284 valence electrons. The van der Waals surface area contributed by atoms with Crippen LogP contribution in [0.3, 0.4) is 0 Å². The van der Waals surface area contributed by atoms with Gasteiger partial charge in [0.1, 0.15) is 22.5 Å². The fraction of sp³-hybridized carbons (Fsp3) is 0.0175. The highest BCUT2D eigenvalue weighted by Gasteiger charge is 2.20. The quantitative estimate of drug-likeness (QED) is 0.144. The summed E-state index contributed by atoms with van der Waals surface area (Å²) in [5.74, 6) is 0.972. The molecule has 2 aromatic heterocycles. The lowest BCUT2D eigenvalue weighted by molar-refractivity contribution is 0.568. The molecule has 3 nitrogen and oxygen atoms in total. The summed E-state index contributed by atoms with van der Waals surface area (Å²) in [5, 5.41) is 8.14. The van der Waals surface area contributed by atoms with Crippen LogP contribution < -0.4 is 15.3 Å². The second-order valence-corrected chi connectivity index (χ2v) is 15.3. The van der Waals surface area contributed by atoms with Gasteiger partial charge in [-0.25, -0.2) is 0 Å². The van der Waals surface area contributed by atoms with Gasteiger partial charge in [-0.15, -0.1) is 0 Å². The first-order valence-corrected chi connectivity index (χ1v) is 20.4. The number of anilines is 2. The third-order valence-electron chi connectivity index (χ3n) is 11.7. The molecule has 3 heteroatoms. The predicted molar refractivity (Wildman–Crippen MR) is 252 cm³/mol. The summed E-state index contributed by atoms with van der Waals surface area (Å²) in [6.07, 6.45) is 13.5. The van der Waals surface area contributed by atoms with Gasteiger partial charge in [0.2, 0.25) is 0 Å². The molecule has 2 heterocycles. The molecule has 0 bridgehead atoms. The molecule has 1 aliphatic rings. The highest BCUT2D eigenvalue weighted by molar-refractivity contribution is 6.06. The summed E-state index contributed by atoms with van der Waals surface area (Å²) in [5.41, 5.74) is 12.5. The summed E-state index contributed by atoms with van der Waals surface area (Å²) >= 11 is 0. The Labute approximate surface area is 348 Å². The molecule has 11 rings (SSSR count). The minimum Gasteiger partial charge on any atom is -0.460 e. The number of hydrogen-bond donors (Lipinski definition) is 0. The topological polar surface area (TPSA) is 29.5 Å². The van der Waals surface area contributed by atoms with E-state index in [0.29, 0.717) is 0 Å². The SMILES string of the molecule is C=C/C=C\C(=C\c1cccc2oc3c(c12)C=c1ccccc1=CC3)N(c1ccc(-c2cccc(-c3cccc4ccccc34)c2)cc1)c1ccc2oc3ccccc3c2c1. The normalized spacial score (nSPS) is 12.6. The van der Waals surface area contributed by atoms with E-state index < -0.39 is 0 Å². The number of para-hydroxylation sites is 1. The fourth-order valence-corrected chi connectivity index (χ4v) is 8.82. The Morgan fingerprint density at radius 1 is 0.550 bits per heavy atom. The van der Waals surface area contributed by atoms with E-state index in [1.807, 2.05) is 24.3 Å². The van der Waals surface area contributed by atoms with Crippen LogP contribution in [0.15, 0.2) is 215 Å². The maximum absolute atomic E-state index is 6.58. The van der Waals surface area contributed by atoms with Gasteiger partial charge >= 0.3 is 0 Å². The van der Waals surface area contributed by atoms with E-state index in [-0.39, 0.29) is 0 Å². The number of hydrogen-bond acceptors (Lipinski definition) is 3. The van der Waals surface area contributed by atoms with Gasteiger partial charge in [0, 0.05) is 45.2 Å². The van der Waals surface area contributed by atoms with Crippen LogP contribution >= 0.6 is 0 Å². The highest BCUT2D eigenvalue weighted by Crippen LogP contribution is 2.40. The molecule has 1 aliphatic carbocycles. The molecule has 10 aromatic rings. The zero-order valence-electron chi connectivity index (χ0n) is 32.9. The van der Waals surface area contributed by atoms with Crippen molar-refractivity contribution in [2.45, 2.75) is 6.42 Å². The molecule has 0 unspecified atom stereocenters. The molecule has 0 atom stereocenters.